The summed E-state index contributed by atoms with van der Waals surface area (Å²) in [6, 6.07) is 0. The topological polar surface area (TPSA) is 26.3 Å². The van der Waals surface area contributed by atoms with Gasteiger partial charge in [-0.15, -0.1) is 0 Å². The van der Waals surface area contributed by atoms with Gasteiger partial charge in [0.1, 0.15) is 6.10 Å². The van der Waals surface area contributed by atoms with Gasteiger partial charge >= 0.3 is 5.97 Å². The van der Waals surface area contributed by atoms with Crippen molar-refractivity contribution in [2.45, 2.75) is 120 Å². The predicted molar refractivity (Wildman–Crippen MR) is 142 cm³/mol. The molecule has 2 nitrogen and oxygen atoms in total. The maximum atomic E-state index is 11.5. The second-order valence-corrected chi connectivity index (χ2v) is 14.1. The smallest absolute Gasteiger partial charge is 0.302 e. The maximum absolute atomic E-state index is 11.5. The number of hydrogen-bond acceptors (Lipinski definition) is 2. The molecule has 2 heteroatoms. The van der Waals surface area contributed by atoms with Gasteiger partial charge in [-0.05, 0) is 109 Å². The highest BCUT2D eigenvalue weighted by Crippen LogP contribution is 2.67. The lowest BCUT2D eigenvalue weighted by molar-refractivity contribution is -0.148. The zero-order valence-corrected chi connectivity index (χ0v) is 23.8. The Hall–Kier alpha value is -0.790. The molecule has 0 aromatic carbocycles. The van der Waals surface area contributed by atoms with Gasteiger partial charge in [0, 0.05) is 13.3 Å². The van der Waals surface area contributed by atoms with E-state index in [1.165, 1.54) is 38.5 Å². The van der Waals surface area contributed by atoms with Gasteiger partial charge < -0.3 is 4.74 Å². The number of fused-ring (bicyclic) bond motifs is 5. The first-order valence-electron chi connectivity index (χ1n) is 14.8. The first kappa shape index (κ1) is 26.3. The van der Waals surface area contributed by atoms with Crippen molar-refractivity contribution >= 4 is 5.97 Å². The number of esters is 1. The van der Waals surface area contributed by atoms with Crippen LogP contribution in [0.2, 0.25) is 0 Å². The highest BCUT2D eigenvalue weighted by molar-refractivity contribution is 5.66. The average molecular weight is 471 g/mol. The van der Waals surface area contributed by atoms with Crippen LogP contribution in [0.15, 0.2) is 11.6 Å². The first-order valence-corrected chi connectivity index (χ1v) is 14.8. The van der Waals surface area contributed by atoms with E-state index >= 15 is 0 Å². The summed E-state index contributed by atoms with van der Waals surface area (Å²) in [6.07, 6.45) is 12.9. The molecule has 0 bridgehead atoms. The van der Waals surface area contributed by atoms with Crippen LogP contribution in [0.1, 0.15) is 114 Å². The molecule has 0 radical (unpaired) electrons. The summed E-state index contributed by atoms with van der Waals surface area (Å²) in [6.45, 7) is 21.8. The Morgan fingerprint density at radius 3 is 2.26 bits per heavy atom. The van der Waals surface area contributed by atoms with Gasteiger partial charge in [-0.25, -0.2) is 0 Å². The van der Waals surface area contributed by atoms with Crippen LogP contribution in [0.3, 0.4) is 0 Å². The molecular formula is C32H54O2. The van der Waals surface area contributed by atoms with Crippen molar-refractivity contribution in [3.8, 4) is 0 Å². The monoisotopic (exact) mass is 470 g/mol. The molecule has 2 unspecified atom stereocenters. The quantitative estimate of drug-likeness (QED) is 0.286. The molecule has 0 aliphatic heterocycles. The van der Waals surface area contributed by atoms with E-state index in [1.54, 1.807) is 12.5 Å². The lowest BCUT2D eigenvalue weighted by atomic mass is 9.46. The standard InChI is InChI=1S/C32H54O2/c1-19(2)20(3)21(4)22(5)23(6)28-12-13-29-27-11-10-25-18-26(34-24(7)33)14-16-31(25,8)30(27)15-17-32(28,29)9/h10,19-23,26-30H,11-18H2,1-9H3/t20-,21?,22?,23-,26+,27+,28-,29+,30+,31+,32-/m1/s1. The van der Waals surface area contributed by atoms with Crippen LogP contribution >= 0.6 is 0 Å². The molecule has 3 fully saturated rings. The van der Waals surface area contributed by atoms with Gasteiger partial charge in [0.15, 0.2) is 0 Å². The summed E-state index contributed by atoms with van der Waals surface area (Å²) in [5, 5.41) is 0. The fourth-order valence-electron chi connectivity index (χ4n) is 9.80. The molecule has 0 aromatic heterocycles. The second-order valence-electron chi connectivity index (χ2n) is 14.1. The number of carbonyl (C=O) groups is 1. The van der Waals surface area contributed by atoms with Crippen LogP contribution in [0.5, 0.6) is 0 Å². The minimum atomic E-state index is -0.117. The Balaban J connectivity index is 1.51. The first-order chi connectivity index (χ1) is 15.9. The summed E-state index contributed by atoms with van der Waals surface area (Å²) < 4.78 is 5.64. The zero-order valence-electron chi connectivity index (χ0n) is 23.8. The van der Waals surface area contributed by atoms with Crippen molar-refractivity contribution in [3.05, 3.63) is 11.6 Å². The van der Waals surface area contributed by atoms with Crippen LogP contribution < -0.4 is 0 Å². The van der Waals surface area contributed by atoms with Crippen molar-refractivity contribution in [2.75, 3.05) is 0 Å². The van der Waals surface area contributed by atoms with Gasteiger partial charge in [-0.1, -0.05) is 67.0 Å². The minimum absolute atomic E-state index is 0.107. The number of ether oxygens (including phenoxy) is 1. The summed E-state index contributed by atoms with van der Waals surface area (Å²) in [5.41, 5.74) is 2.47. The van der Waals surface area contributed by atoms with Crippen LogP contribution in [-0.4, -0.2) is 12.1 Å². The van der Waals surface area contributed by atoms with Gasteiger partial charge in [0.25, 0.3) is 0 Å². The summed E-state index contributed by atoms with van der Waals surface area (Å²) in [7, 11) is 0. The second kappa shape index (κ2) is 9.59. The Bertz CT molecular complexity index is 782. The highest BCUT2D eigenvalue weighted by Gasteiger charge is 2.59. The lowest BCUT2D eigenvalue weighted by Gasteiger charge is -2.58. The van der Waals surface area contributed by atoms with Crippen LogP contribution in [0.4, 0.5) is 0 Å². The predicted octanol–water partition coefficient (Wildman–Crippen LogP) is 8.70. The lowest BCUT2D eigenvalue weighted by Crippen LogP contribution is -2.51. The van der Waals surface area contributed by atoms with Gasteiger partial charge in [-0.2, -0.15) is 0 Å². The SMILES string of the molecule is CC(=O)O[C@H]1CC[C@@]2(C)C(=CC[C@H]3[C@@H]4CC[C@H]([C@H](C)C(C)C(C)[C@H](C)C(C)C)[C@@]4(C)CC[C@@H]32)C1. The molecule has 194 valence electrons. The summed E-state index contributed by atoms with van der Waals surface area (Å²) in [5.74, 6) is 7.31. The molecule has 4 aliphatic rings. The van der Waals surface area contributed by atoms with E-state index in [1.807, 2.05) is 0 Å². The van der Waals surface area contributed by atoms with E-state index in [2.05, 4.69) is 61.5 Å². The minimum Gasteiger partial charge on any atom is -0.462 e. The van der Waals surface area contributed by atoms with E-state index in [0.717, 1.165) is 66.1 Å². The average Bonchev–Trinajstić information content (AvgIpc) is 3.14. The number of rotatable bonds is 6. The Morgan fingerprint density at radius 2 is 1.62 bits per heavy atom. The number of hydrogen-bond donors (Lipinski definition) is 0. The molecule has 4 aliphatic carbocycles. The molecule has 0 amide bonds. The molecule has 0 spiro atoms. The molecule has 0 aromatic rings. The fraction of sp³-hybridized carbons (Fsp3) is 0.906. The molecular weight excluding hydrogens is 416 g/mol. The molecule has 0 heterocycles. The van der Waals surface area contributed by atoms with Crippen molar-refractivity contribution in [3.63, 3.8) is 0 Å². The van der Waals surface area contributed by atoms with Crippen LogP contribution in [0, 0.1) is 64.1 Å². The largest absolute Gasteiger partial charge is 0.462 e. The van der Waals surface area contributed by atoms with Crippen molar-refractivity contribution < 1.29 is 9.53 Å². The molecule has 0 saturated heterocycles. The van der Waals surface area contributed by atoms with Crippen molar-refractivity contribution in [1.29, 1.82) is 0 Å². The Kier molecular flexibility index (Phi) is 7.41. The zero-order chi connectivity index (χ0) is 25.0. The van der Waals surface area contributed by atoms with E-state index < -0.39 is 0 Å². The van der Waals surface area contributed by atoms with E-state index in [0.29, 0.717) is 10.8 Å². The molecule has 11 atom stereocenters. The molecule has 0 N–H and O–H groups in total. The molecule has 4 rings (SSSR count). The Labute approximate surface area is 211 Å². The van der Waals surface area contributed by atoms with E-state index in [9.17, 15) is 4.79 Å². The number of carbonyl (C=O) groups excluding carboxylic acids is 1. The Morgan fingerprint density at radius 1 is 0.912 bits per heavy atom. The number of allylic oxidation sites excluding steroid dienone is 1. The van der Waals surface area contributed by atoms with Crippen molar-refractivity contribution in [2.24, 2.45) is 64.1 Å². The van der Waals surface area contributed by atoms with Crippen LogP contribution in [-0.2, 0) is 9.53 Å². The third-order valence-corrected chi connectivity index (χ3v) is 12.6. The summed E-state index contributed by atoms with van der Waals surface area (Å²) >= 11 is 0. The molecule has 34 heavy (non-hydrogen) atoms. The third-order valence-electron chi connectivity index (χ3n) is 12.6. The van der Waals surface area contributed by atoms with Gasteiger partial charge in [0.2, 0.25) is 0 Å². The van der Waals surface area contributed by atoms with Crippen molar-refractivity contribution in [1.82, 2.24) is 0 Å². The third kappa shape index (κ3) is 4.32. The maximum Gasteiger partial charge on any atom is 0.302 e. The van der Waals surface area contributed by atoms with E-state index in [-0.39, 0.29) is 12.1 Å². The fourth-order valence-corrected chi connectivity index (χ4v) is 9.80. The van der Waals surface area contributed by atoms with Gasteiger partial charge in [0.05, 0.1) is 0 Å². The van der Waals surface area contributed by atoms with E-state index in [4.69, 9.17) is 4.74 Å². The molecule has 3 saturated carbocycles. The van der Waals surface area contributed by atoms with Crippen LogP contribution in [0.25, 0.3) is 0 Å². The normalized spacial score (nSPS) is 43.1. The van der Waals surface area contributed by atoms with Gasteiger partial charge in [-0.3, -0.25) is 4.79 Å². The highest BCUT2D eigenvalue weighted by atomic mass is 16.5. The summed E-state index contributed by atoms with van der Waals surface area (Å²) in [4.78, 5) is 11.5.